The van der Waals surface area contributed by atoms with E-state index in [0.717, 1.165) is 32.4 Å². The lowest BCUT2D eigenvalue weighted by Gasteiger charge is -2.29. The van der Waals surface area contributed by atoms with Crippen molar-refractivity contribution in [2.45, 2.75) is 26.2 Å². The molecular weight excluding hydrogens is 124 g/mol. The standard InChI is InChI=1S/C8H14N2/c1-2-8(6-9)4-3-5-10-7-8/h10H,2-5,7H2,1H3/t8-/m1/s1. The minimum absolute atomic E-state index is 0.0434. The fourth-order valence-corrected chi connectivity index (χ4v) is 1.44. The number of rotatable bonds is 1. The molecule has 0 spiro atoms. The van der Waals surface area contributed by atoms with Gasteiger partial charge >= 0.3 is 0 Å². The largest absolute Gasteiger partial charge is 0.315 e. The predicted octanol–water partition coefficient (Wildman–Crippen LogP) is 1.29. The van der Waals surface area contributed by atoms with Crippen LogP contribution < -0.4 is 5.32 Å². The van der Waals surface area contributed by atoms with Gasteiger partial charge in [-0.15, -0.1) is 0 Å². The maximum absolute atomic E-state index is 8.85. The first-order valence-electron chi connectivity index (χ1n) is 3.95. The number of hydrogen-bond donors (Lipinski definition) is 1. The average molecular weight is 138 g/mol. The molecule has 0 amide bonds. The molecule has 1 aliphatic rings. The highest BCUT2D eigenvalue weighted by Crippen LogP contribution is 2.28. The van der Waals surface area contributed by atoms with Gasteiger partial charge in [0, 0.05) is 6.54 Å². The van der Waals surface area contributed by atoms with E-state index in [1.165, 1.54) is 0 Å². The summed E-state index contributed by atoms with van der Waals surface area (Å²) in [7, 11) is 0. The van der Waals surface area contributed by atoms with Gasteiger partial charge in [-0.25, -0.2) is 0 Å². The molecule has 0 aromatic carbocycles. The Hall–Kier alpha value is -0.550. The monoisotopic (exact) mass is 138 g/mol. The summed E-state index contributed by atoms with van der Waals surface area (Å²) in [5.74, 6) is 0. The van der Waals surface area contributed by atoms with Gasteiger partial charge in [-0.1, -0.05) is 6.92 Å². The first-order valence-corrected chi connectivity index (χ1v) is 3.95. The summed E-state index contributed by atoms with van der Waals surface area (Å²) in [6, 6.07) is 2.40. The van der Waals surface area contributed by atoms with Crippen LogP contribution in [-0.4, -0.2) is 13.1 Å². The highest BCUT2D eigenvalue weighted by Gasteiger charge is 2.29. The molecule has 0 unspecified atom stereocenters. The summed E-state index contributed by atoms with van der Waals surface area (Å²) < 4.78 is 0. The summed E-state index contributed by atoms with van der Waals surface area (Å²) in [6.07, 6.45) is 3.21. The van der Waals surface area contributed by atoms with Crippen LogP contribution in [0, 0.1) is 16.7 Å². The van der Waals surface area contributed by atoms with Crippen molar-refractivity contribution < 1.29 is 0 Å². The van der Waals surface area contributed by atoms with Crippen LogP contribution in [0.4, 0.5) is 0 Å². The second-order valence-corrected chi connectivity index (χ2v) is 3.03. The van der Waals surface area contributed by atoms with Gasteiger partial charge in [0.25, 0.3) is 0 Å². The minimum atomic E-state index is -0.0434. The highest BCUT2D eigenvalue weighted by atomic mass is 14.9. The average Bonchev–Trinajstić information content (AvgIpc) is 2.06. The third-order valence-corrected chi connectivity index (χ3v) is 2.39. The Labute approximate surface area is 62.2 Å². The topological polar surface area (TPSA) is 35.8 Å². The lowest BCUT2D eigenvalue weighted by Crippen LogP contribution is -2.38. The van der Waals surface area contributed by atoms with E-state index in [-0.39, 0.29) is 5.41 Å². The Morgan fingerprint density at radius 2 is 2.50 bits per heavy atom. The lowest BCUT2D eigenvalue weighted by molar-refractivity contribution is 0.279. The summed E-state index contributed by atoms with van der Waals surface area (Å²) in [4.78, 5) is 0. The Morgan fingerprint density at radius 3 is 2.80 bits per heavy atom. The number of piperidine rings is 1. The number of hydrogen-bond acceptors (Lipinski definition) is 2. The van der Waals surface area contributed by atoms with E-state index in [1.807, 2.05) is 0 Å². The Bertz CT molecular complexity index is 140. The van der Waals surface area contributed by atoms with Gasteiger partial charge < -0.3 is 5.32 Å². The zero-order chi connectivity index (χ0) is 7.45. The molecule has 1 heterocycles. The minimum Gasteiger partial charge on any atom is -0.315 e. The summed E-state index contributed by atoms with van der Waals surface area (Å²) in [5, 5.41) is 12.1. The van der Waals surface area contributed by atoms with Gasteiger partial charge in [-0.3, -0.25) is 0 Å². The third-order valence-electron chi connectivity index (χ3n) is 2.39. The molecule has 2 nitrogen and oxygen atoms in total. The fourth-order valence-electron chi connectivity index (χ4n) is 1.44. The van der Waals surface area contributed by atoms with Crippen molar-refractivity contribution in [2.75, 3.05) is 13.1 Å². The Morgan fingerprint density at radius 1 is 1.70 bits per heavy atom. The lowest BCUT2D eigenvalue weighted by atomic mass is 9.80. The molecule has 0 aliphatic carbocycles. The van der Waals surface area contributed by atoms with Crippen LogP contribution in [-0.2, 0) is 0 Å². The molecule has 1 saturated heterocycles. The van der Waals surface area contributed by atoms with Crippen molar-refractivity contribution in [2.24, 2.45) is 5.41 Å². The molecule has 1 aliphatic heterocycles. The maximum atomic E-state index is 8.85. The van der Waals surface area contributed by atoms with Crippen molar-refractivity contribution in [1.29, 1.82) is 5.26 Å². The van der Waals surface area contributed by atoms with E-state index < -0.39 is 0 Å². The second-order valence-electron chi connectivity index (χ2n) is 3.03. The van der Waals surface area contributed by atoms with Crippen molar-refractivity contribution in [3.8, 4) is 6.07 Å². The molecule has 0 aromatic rings. The van der Waals surface area contributed by atoms with Gasteiger partial charge in [0.2, 0.25) is 0 Å². The second kappa shape index (κ2) is 3.03. The van der Waals surface area contributed by atoms with Gasteiger partial charge in [0.1, 0.15) is 0 Å². The van der Waals surface area contributed by atoms with Crippen LogP contribution in [0.25, 0.3) is 0 Å². The number of nitrogens with one attached hydrogen (secondary N) is 1. The molecule has 2 heteroatoms. The van der Waals surface area contributed by atoms with Crippen LogP contribution in [0.2, 0.25) is 0 Å². The highest BCUT2D eigenvalue weighted by molar-refractivity contribution is 5.01. The zero-order valence-corrected chi connectivity index (χ0v) is 6.48. The smallest absolute Gasteiger partial charge is 0.0703 e. The summed E-state index contributed by atoms with van der Waals surface area (Å²) in [6.45, 7) is 4.07. The van der Waals surface area contributed by atoms with E-state index in [9.17, 15) is 0 Å². The maximum Gasteiger partial charge on any atom is 0.0703 e. The van der Waals surface area contributed by atoms with Crippen molar-refractivity contribution in [1.82, 2.24) is 5.32 Å². The summed E-state index contributed by atoms with van der Waals surface area (Å²) >= 11 is 0. The van der Waals surface area contributed by atoms with Gasteiger partial charge in [-0.05, 0) is 25.8 Å². The van der Waals surface area contributed by atoms with Crippen LogP contribution >= 0.6 is 0 Å². The van der Waals surface area contributed by atoms with Gasteiger partial charge in [0.15, 0.2) is 0 Å². The third kappa shape index (κ3) is 1.30. The first-order chi connectivity index (χ1) is 4.83. The van der Waals surface area contributed by atoms with E-state index in [0.29, 0.717) is 0 Å². The van der Waals surface area contributed by atoms with Crippen molar-refractivity contribution in [3.05, 3.63) is 0 Å². The van der Waals surface area contributed by atoms with Crippen molar-refractivity contribution in [3.63, 3.8) is 0 Å². The quantitative estimate of drug-likeness (QED) is 0.592. The predicted molar refractivity (Wildman–Crippen MR) is 40.4 cm³/mol. The number of nitriles is 1. The van der Waals surface area contributed by atoms with Crippen LogP contribution in [0.1, 0.15) is 26.2 Å². The Kier molecular flexibility index (Phi) is 2.29. The van der Waals surface area contributed by atoms with E-state index in [4.69, 9.17) is 5.26 Å². The molecule has 0 radical (unpaired) electrons. The van der Waals surface area contributed by atoms with Crippen LogP contribution in [0.5, 0.6) is 0 Å². The molecular formula is C8H14N2. The molecule has 1 atom stereocenters. The molecule has 0 saturated carbocycles. The number of nitrogens with zero attached hydrogens (tertiary/aromatic N) is 1. The normalized spacial score (nSPS) is 33.2. The van der Waals surface area contributed by atoms with E-state index in [2.05, 4.69) is 18.3 Å². The molecule has 56 valence electrons. The van der Waals surface area contributed by atoms with Crippen LogP contribution in [0.15, 0.2) is 0 Å². The summed E-state index contributed by atoms with van der Waals surface area (Å²) in [5.41, 5.74) is -0.0434. The molecule has 0 bridgehead atoms. The SMILES string of the molecule is CC[C@]1(C#N)CCCNC1. The fraction of sp³-hybridized carbons (Fsp3) is 0.875. The molecule has 1 rings (SSSR count). The van der Waals surface area contributed by atoms with Gasteiger partial charge in [-0.2, -0.15) is 5.26 Å². The zero-order valence-electron chi connectivity index (χ0n) is 6.48. The molecule has 0 aromatic heterocycles. The van der Waals surface area contributed by atoms with Crippen LogP contribution in [0.3, 0.4) is 0 Å². The molecule has 1 fully saturated rings. The van der Waals surface area contributed by atoms with Gasteiger partial charge in [0.05, 0.1) is 11.5 Å². The Balaban J connectivity index is 2.55. The van der Waals surface area contributed by atoms with Crippen molar-refractivity contribution >= 4 is 0 Å². The molecule has 1 N–H and O–H groups in total. The van der Waals surface area contributed by atoms with E-state index >= 15 is 0 Å². The van der Waals surface area contributed by atoms with E-state index in [1.54, 1.807) is 0 Å². The molecule has 10 heavy (non-hydrogen) atoms. The first kappa shape index (κ1) is 7.56.